The van der Waals surface area contributed by atoms with Gasteiger partial charge in [-0.15, -0.1) is 15.3 Å². The molecule has 3 heterocycles. The van der Waals surface area contributed by atoms with Crippen LogP contribution < -0.4 is 10.1 Å². The molecule has 0 aliphatic heterocycles. The van der Waals surface area contributed by atoms with E-state index in [2.05, 4.69) is 25.8 Å². The molecule has 3 aromatic heterocycles. The summed E-state index contributed by atoms with van der Waals surface area (Å²) in [6.07, 6.45) is 1.88. The minimum atomic E-state index is -0.202. The lowest BCUT2D eigenvalue weighted by Gasteiger charge is -2.04. The molecule has 144 valence electrons. The van der Waals surface area contributed by atoms with Crippen molar-refractivity contribution in [2.45, 2.75) is 32.5 Å². The van der Waals surface area contributed by atoms with Gasteiger partial charge in [0.05, 0.1) is 12.4 Å². The van der Waals surface area contributed by atoms with Crippen molar-refractivity contribution < 1.29 is 14.1 Å². The maximum Gasteiger partial charge on any atom is 0.243 e. The number of thioether (sulfide) groups is 1. The van der Waals surface area contributed by atoms with Gasteiger partial charge in [-0.05, 0) is 20.8 Å². The van der Waals surface area contributed by atoms with Gasteiger partial charge >= 0.3 is 0 Å². The largest absolute Gasteiger partial charge is 0.476 e. The summed E-state index contributed by atoms with van der Waals surface area (Å²) in [4.78, 5) is 12.1. The first kappa shape index (κ1) is 19.0. The predicted octanol–water partition coefficient (Wildman–Crippen LogP) is 2.12. The molecule has 0 aliphatic rings. The van der Waals surface area contributed by atoms with E-state index in [1.807, 2.05) is 31.7 Å². The van der Waals surface area contributed by atoms with Crippen LogP contribution in [0.1, 0.15) is 19.6 Å². The van der Waals surface area contributed by atoms with Gasteiger partial charge in [0.15, 0.2) is 16.8 Å². The van der Waals surface area contributed by atoms with Crippen LogP contribution in [0.15, 0.2) is 21.9 Å². The molecule has 0 saturated carbocycles. The fraction of sp³-hybridized carbons (Fsp3) is 0.438. The number of carbonyl (C=O) groups is 1. The highest BCUT2D eigenvalue weighted by atomic mass is 32.2. The van der Waals surface area contributed by atoms with E-state index in [0.29, 0.717) is 35.0 Å². The van der Waals surface area contributed by atoms with Crippen LogP contribution in [-0.2, 0) is 18.4 Å². The molecule has 1 N–H and O–H groups in total. The molecule has 0 radical (unpaired) electrons. The number of aromatic nitrogens is 6. The zero-order valence-electron chi connectivity index (χ0n) is 15.6. The van der Waals surface area contributed by atoms with E-state index in [9.17, 15) is 4.79 Å². The van der Waals surface area contributed by atoms with Crippen LogP contribution in [0.5, 0.6) is 5.88 Å². The van der Waals surface area contributed by atoms with E-state index >= 15 is 0 Å². The van der Waals surface area contributed by atoms with Crippen LogP contribution in [0.25, 0.3) is 11.4 Å². The SMILES string of the molecule is CCOc1nn(CC)cc1-c1nnc(SCC(=O)Nc2cc(C)on2)n1C. The zero-order chi connectivity index (χ0) is 19.4. The van der Waals surface area contributed by atoms with Gasteiger partial charge in [-0.2, -0.15) is 0 Å². The minimum Gasteiger partial charge on any atom is -0.476 e. The van der Waals surface area contributed by atoms with E-state index in [1.54, 1.807) is 17.7 Å². The minimum absolute atomic E-state index is 0.171. The highest BCUT2D eigenvalue weighted by Gasteiger charge is 2.19. The third-order valence-corrected chi connectivity index (χ3v) is 4.66. The summed E-state index contributed by atoms with van der Waals surface area (Å²) < 4.78 is 14.1. The molecular weight excluding hydrogens is 370 g/mol. The van der Waals surface area contributed by atoms with Gasteiger partial charge in [-0.1, -0.05) is 16.9 Å². The molecule has 10 nitrogen and oxygen atoms in total. The van der Waals surface area contributed by atoms with E-state index in [4.69, 9.17) is 9.26 Å². The van der Waals surface area contributed by atoms with Crippen LogP contribution in [0.2, 0.25) is 0 Å². The number of anilines is 1. The molecule has 0 unspecified atom stereocenters. The molecule has 0 atom stereocenters. The third-order valence-electron chi connectivity index (χ3n) is 3.64. The highest BCUT2D eigenvalue weighted by molar-refractivity contribution is 7.99. The topological polar surface area (TPSA) is 113 Å². The lowest BCUT2D eigenvalue weighted by Crippen LogP contribution is -2.14. The zero-order valence-corrected chi connectivity index (χ0v) is 16.4. The van der Waals surface area contributed by atoms with Crippen LogP contribution >= 0.6 is 11.8 Å². The van der Waals surface area contributed by atoms with E-state index in [-0.39, 0.29) is 11.7 Å². The highest BCUT2D eigenvalue weighted by Crippen LogP contribution is 2.29. The van der Waals surface area contributed by atoms with Gasteiger partial charge in [0, 0.05) is 25.9 Å². The summed E-state index contributed by atoms with van der Waals surface area (Å²) in [5, 5.41) is 19.8. The summed E-state index contributed by atoms with van der Waals surface area (Å²) in [5.74, 6) is 2.15. The Morgan fingerprint density at radius 1 is 1.37 bits per heavy atom. The van der Waals surface area contributed by atoms with Crippen molar-refractivity contribution in [2.24, 2.45) is 7.05 Å². The van der Waals surface area contributed by atoms with Crippen molar-refractivity contribution in [1.82, 2.24) is 29.7 Å². The van der Waals surface area contributed by atoms with Crippen molar-refractivity contribution in [1.29, 1.82) is 0 Å². The Kier molecular flexibility index (Phi) is 5.79. The summed E-state index contributed by atoms with van der Waals surface area (Å²) >= 11 is 1.28. The maximum absolute atomic E-state index is 12.1. The van der Waals surface area contributed by atoms with Crippen LogP contribution in [0.4, 0.5) is 5.82 Å². The molecule has 0 aliphatic carbocycles. The molecule has 0 fully saturated rings. The number of hydrogen-bond donors (Lipinski definition) is 1. The molecule has 0 saturated heterocycles. The number of nitrogens with zero attached hydrogens (tertiary/aromatic N) is 6. The number of amides is 1. The summed E-state index contributed by atoms with van der Waals surface area (Å²) in [6.45, 7) is 6.90. The van der Waals surface area contributed by atoms with Crippen molar-refractivity contribution in [2.75, 3.05) is 17.7 Å². The monoisotopic (exact) mass is 391 g/mol. The summed E-state index contributed by atoms with van der Waals surface area (Å²) in [6, 6.07) is 1.66. The lowest BCUT2D eigenvalue weighted by atomic mass is 10.3. The fourth-order valence-electron chi connectivity index (χ4n) is 2.37. The number of aryl methyl sites for hydroxylation is 2. The van der Waals surface area contributed by atoms with Crippen LogP contribution in [0.3, 0.4) is 0 Å². The van der Waals surface area contributed by atoms with E-state index < -0.39 is 0 Å². The van der Waals surface area contributed by atoms with Gasteiger partial charge in [-0.25, -0.2) is 0 Å². The first-order chi connectivity index (χ1) is 13.0. The first-order valence-electron chi connectivity index (χ1n) is 8.47. The number of carbonyl (C=O) groups excluding carboxylic acids is 1. The molecule has 0 bridgehead atoms. The summed E-state index contributed by atoms with van der Waals surface area (Å²) in [5.41, 5.74) is 0.767. The third kappa shape index (κ3) is 4.30. The smallest absolute Gasteiger partial charge is 0.243 e. The Hall–Kier alpha value is -2.82. The van der Waals surface area contributed by atoms with Gasteiger partial charge < -0.3 is 19.1 Å². The molecule has 3 rings (SSSR count). The number of nitrogens with one attached hydrogen (secondary N) is 1. The standard InChI is InChI=1S/C16H21N7O3S/c1-5-23-8-11(15(20-23)25-6-2)14-18-19-16(22(14)4)27-9-13(24)17-12-7-10(3)26-21-12/h7-8H,5-6,9H2,1-4H3,(H,17,21,24). The van der Waals surface area contributed by atoms with Crippen LogP contribution in [0, 0.1) is 6.92 Å². The average Bonchev–Trinajstić information content (AvgIpc) is 3.33. The molecule has 0 aromatic carbocycles. The quantitative estimate of drug-likeness (QED) is 0.581. The van der Waals surface area contributed by atoms with Crippen molar-refractivity contribution >= 4 is 23.5 Å². The second-order valence-electron chi connectivity index (χ2n) is 5.66. The van der Waals surface area contributed by atoms with Gasteiger partial charge in [0.2, 0.25) is 11.8 Å². The van der Waals surface area contributed by atoms with Gasteiger partial charge in [0.1, 0.15) is 11.3 Å². The molecular formula is C16H21N7O3S. The molecule has 27 heavy (non-hydrogen) atoms. The number of rotatable bonds is 8. The normalized spacial score (nSPS) is 11.0. The average molecular weight is 391 g/mol. The van der Waals surface area contributed by atoms with Gasteiger partial charge in [-0.3, -0.25) is 9.48 Å². The fourth-order valence-corrected chi connectivity index (χ4v) is 3.08. The van der Waals surface area contributed by atoms with Crippen molar-refractivity contribution in [3.8, 4) is 17.3 Å². The number of hydrogen-bond acceptors (Lipinski definition) is 8. The maximum atomic E-state index is 12.1. The van der Waals surface area contributed by atoms with E-state index in [1.165, 1.54) is 11.8 Å². The van der Waals surface area contributed by atoms with E-state index in [0.717, 1.165) is 12.1 Å². The van der Waals surface area contributed by atoms with Crippen LogP contribution in [-0.4, -0.2) is 48.0 Å². The Bertz CT molecular complexity index is 930. The van der Waals surface area contributed by atoms with Crippen molar-refractivity contribution in [3.05, 3.63) is 18.0 Å². The Balaban J connectivity index is 1.70. The second kappa shape index (κ2) is 8.25. The Morgan fingerprint density at radius 3 is 2.85 bits per heavy atom. The second-order valence-corrected chi connectivity index (χ2v) is 6.60. The first-order valence-corrected chi connectivity index (χ1v) is 9.46. The molecule has 0 spiro atoms. The Morgan fingerprint density at radius 2 is 2.19 bits per heavy atom. The van der Waals surface area contributed by atoms with Gasteiger partial charge in [0.25, 0.3) is 0 Å². The molecule has 11 heteroatoms. The molecule has 3 aromatic rings. The Labute approximate surface area is 160 Å². The molecule has 1 amide bonds. The van der Waals surface area contributed by atoms with Crippen molar-refractivity contribution in [3.63, 3.8) is 0 Å². The predicted molar refractivity (Wildman–Crippen MR) is 99.7 cm³/mol. The number of ether oxygens (including phenoxy) is 1. The summed E-state index contributed by atoms with van der Waals surface area (Å²) in [7, 11) is 1.84. The lowest BCUT2D eigenvalue weighted by molar-refractivity contribution is -0.113.